The molecule has 0 bridgehead atoms. The highest BCUT2D eigenvalue weighted by Gasteiger charge is 2.14. The number of nitrogens with one attached hydrogen (secondary N) is 2. The molecule has 2 N–H and O–H groups in total. The lowest BCUT2D eigenvalue weighted by molar-refractivity contribution is 0.0949. The van der Waals surface area contributed by atoms with Crippen LogP contribution in [0.3, 0.4) is 0 Å². The van der Waals surface area contributed by atoms with Crippen LogP contribution in [-0.2, 0) is 6.42 Å². The maximum atomic E-state index is 12.5. The molecule has 0 saturated heterocycles. The van der Waals surface area contributed by atoms with Crippen molar-refractivity contribution < 1.29 is 23.7 Å². The Kier molecular flexibility index (Phi) is 6.79. The van der Waals surface area contributed by atoms with E-state index in [9.17, 15) is 4.79 Å². The second-order valence-electron chi connectivity index (χ2n) is 6.43. The number of carbonyl (C=O) groups excluding carboxylic acids is 1. The van der Waals surface area contributed by atoms with Gasteiger partial charge in [0.25, 0.3) is 5.91 Å². The number of ether oxygens (including phenoxy) is 4. The van der Waals surface area contributed by atoms with E-state index in [1.165, 1.54) is 0 Å². The largest absolute Gasteiger partial charge is 0.497 e. The Balaban J connectivity index is 1.63. The second kappa shape index (κ2) is 9.69. The van der Waals surface area contributed by atoms with Crippen LogP contribution in [0.4, 0.5) is 0 Å². The zero-order chi connectivity index (χ0) is 21.5. The predicted octanol–water partition coefficient (Wildman–Crippen LogP) is 3.08. The number of aromatic amines is 1. The molecule has 0 radical (unpaired) electrons. The number of nitrogens with zero attached hydrogens (tertiary/aromatic N) is 1. The number of amides is 1. The molecule has 8 nitrogen and oxygen atoms in total. The predicted molar refractivity (Wildman–Crippen MR) is 113 cm³/mol. The number of methoxy groups -OCH3 is 4. The fraction of sp³-hybridized carbons (Fsp3) is 0.273. The Morgan fingerprint density at radius 1 is 0.900 bits per heavy atom. The number of hydrogen-bond donors (Lipinski definition) is 2. The van der Waals surface area contributed by atoms with Gasteiger partial charge in [-0.1, -0.05) is 6.07 Å². The van der Waals surface area contributed by atoms with E-state index in [1.54, 1.807) is 40.6 Å². The van der Waals surface area contributed by atoms with Crippen LogP contribution in [0, 0.1) is 0 Å². The molecule has 0 spiro atoms. The summed E-state index contributed by atoms with van der Waals surface area (Å²) in [6, 6.07) is 12.8. The molecule has 1 amide bonds. The van der Waals surface area contributed by atoms with E-state index in [0.717, 1.165) is 11.1 Å². The van der Waals surface area contributed by atoms with Crippen LogP contribution in [0.1, 0.15) is 16.1 Å². The van der Waals surface area contributed by atoms with E-state index < -0.39 is 0 Å². The molecule has 158 valence electrons. The van der Waals surface area contributed by atoms with E-state index in [2.05, 4.69) is 15.5 Å². The highest BCUT2D eigenvalue weighted by Crippen LogP contribution is 2.32. The molecule has 8 heteroatoms. The zero-order valence-corrected chi connectivity index (χ0v) is 17.4. The highest BCUT2D eigenvalue weighted by molar-refractivity contribution is 5.93. The van der Waals surface area contributed by atoms with Crippen LogP contribution in [0.25, 0.3) is 11.3 Å². The molecule has 1 aromatic heterocycles. The van der Waals surface area contributed by atoms with Crippen molar-refractivity contribution in [2.24, 2.45) is 0 Å². The summed E-state index contributed by atoms with van der Waals surface area (Å²) in [6.45, 7) is 0.467. The first-order valence-electron chi connectivity index (χ1n) is 9.36. The number of benzene rings is 2. The van der Waals surface area contributed by atoms with Crippen molar-refractivity contribution in [2.45, 2.75) is 6.42 Å². The lowest BCUT2D eigenvalue weighted by Crippen LogP contribution is -2.26. The maximum absolute atomic E-state index is 12.5. The van der Waals surface area contributed by atoms with Crippen molar-refractivity contribution in [3.8, 4) is 34.3 Å². The molecule has 0 aliphatic heterocycles. The summed E-state index contributed by atoms with van der Waals surface area (Å²) < 4.78 is 21.2. The summed E-state index contributed by atoms with van der Waals surface area (Å²) in [5.41, 5.74) is 2.77. The van der Waals surface area contributed by atoms with Gasteiger partial charge >= 0.3 is 0 Å². The zero-order valence-electron chi connectivity index (χ0n) is 17.4. The summed E-state index contributed by atoms with van der Waals surface area (Å²) >= 11 is 0. The Morgan fingerprint density at radius 2 is 1.67 bits per heavy atom. The third kappa shape index (κ3) is 4.65. The fourth-order valence-electron chi connectivity index (χ4n) is 3.04. The molecule has 3 aromatic rings. The van der Waals surface area contributed by atoms with Gasteiger partial charge in [-0.25, -0.2) is 0 Å². The van der Waals surface area contributed by atoms with E-state index in [0.29, 0.717) is 47.4 Å². The molecule has 0 saturated carbocycles. The number of hydrogen-bond acceptors (Lipinski definition) is 6. The first-order valence-corrected chi connectivity index (χ1v) is 9.36. The van der Waals surface area contributed by atoms with Crippen molar-refractivity contribution in [1.29, 1.82) is 0 Å². The third-order valence-electron chi connectivity index (χ3n) is 4.65. The summed E-state index contributed by atoms with van der Waals surface area (Å²) in [5.74, 6) is 2.39. The minimum Gasteiger partial charge on any atom is -0.497 e. The topological polar surface area (TPSA) is 94.7 Å². The Hall–Kier alpha value is -3.68. The Bertz CT molecular complexity index is 1020. The summed E-state index contributed by atoms with van der Waals surface area (Å²) in [6.07, 6.45) is 0.652. The lowest BCUT2D eigenvalue weighted by Gasteiger charge is -2.10. The molecule has 0 atom stereocenters. The quantitative estimate of drug-likeness (QED) is 0.562. The smallest absolute Gasteiger partial charge is 0.269 e. The van der Waals surface area contributed by atoms with E-state index >= 15 is 0 Å². The Morgan fingerprint density at radius 3 is 2.37 bits per heavy atom. The molecule has 1 heterocycles. The fourth-order valence-corrected chi connectivity index (χ4v) is 3.04. The van der Waals surface area contributed by atoms with Gasteiger partial charge in [0.2, 0.25) is 0 Å². The molecule has 0 fully saturated rings. The molecule has 30 heavy (non-hydrogen) atoms. The molecular formula is C22H25N3O5. The second-order valence-corrected chi connectivity index (χ2v) is 6.43. The van der Waals surface area contributed by atoms with Gasteiger partial charge in [0, 0.05) is 18.2 Å². The normalized spacial score (nSPS) is 10.4. The van der Waals surface area contributed by atoms with Gasteiger partial charge in [-0.15, -0.1) is 0 Å². The van der Waals surface area contributed by atoms with Crippen molar-refractivity contribution in [1.82, 2.24) is 15.5 Å². The van der Waals surface area contributed by atoms with E-state index in [4.69, 9.17) is 18.9 Å². The lowest BCUT2D eigenvalue weighted by atomic mass is 10.1. The Labute approximate surface area is 175 Å². The number of H-pyrrole nitrogens is 1. The van der Waals surface area contributed by atoms with Crippen LogP contribution in [0.2, 0.25) is 0 Å². The van der Waals surface area contributed by atoms with Crippen molar-refractivity contribution in [3.05, 3.63) is 53.7 Å². The van der Waals surface area contributed by atoms with Gasteiger partial charge < -0.3 is 24.3 Å². The van der Waals surface area contributed by atoms with Gasteiger partial charge in [0.1, 0.15) is 17.2 Å². The molecule has 3 rings (SSSR count). The third-order valence-corrected chi connectivity index (χ3v) is 4.65. The maximum Gasteiger partial charge on any atom is 0.269 e. The van der Waals surface area contributed by atoms with Crippen LogP contribution in [0.15, 0.2) is 42.5 Å². The van der Waals surface area contributed by atoms with Crippen molar-refractivity contribution in [2.75, 3.05) is 35.0 Å². The molecule has 0 unspecified atom stereocenters. The van der Waals surface area contributed by atoms with Gasteiger partial charge in [-0.3, -0.25) is 9.89 Å². The highest BCUT2D eigenvalue weighted by atomic mass is 16.5. The summed E-state index contributed by atoms with van der Waals surface area (Å²) in [5, 5.41) is 9.91. The average molecular weight is 411 g/mol. The molecule has 0 aliphatic rings. The van der Waals surface area contributed by atoms with Crippen molar-refractivity contribution >= 4 is 5.91 Å². The minimum atomic E-state index is -0.235. The van der Waals surface area contributed by atoms with Crippen LogP contribution in [-0.4, -0.2) is 51.1 Å². The van der Waals surface area contributed by atoms with Crippen LogP contribution in [0.5, 0.6) is 23.0 Å². The summed E-state index contributed by atoms with van der Waals surface area (Å²) in [7, 11) is 6.36. The molecule has 0 aliphatic carbocycles. The molecular weight excluding hydrogens is 386 g/mol. The van der Waals surface area contributed by atoms with Crippen molar-refractivity contribution in [3.63, 3.8) is 0 Å². The van der Waals surface area contributed by atoms with Crippen LogP contribution >= 0.6 is 0 Å². The standard InChI is InChI=1S/C22H25N3O5/c1-27-15-6-7-16(20(12-15)29-3)17-13-18(25-24-17)22(26)23-10-9-14-5-8-19(28-2)21(11-14)30-4/h5-8,11-13H,9-10H2,1-4H3,(H,23,26)(H,24,25). The van der Waals surface area contributed by atoms with Gasteiger partial charge in [0.05, 0.1) is 34.1 Å². The van der Waals surface area contributed by atoms with E-state index in [1.807, 2.05) is 30.3 Å². The SMILES string of the molecule is COc1ccc(-c2cc(C(=O)NCCc3ccc(OC)c(OC)c3)[nH]n2)c(OC)c1. The van der Waals surface area contributed by atoms with E-state index in [-0.39, 0.29) is 5.91 Å². The van der Waals surface area contributed by atoms with Gasteiger partial charge in [-0.2, -0.15) is 5.10 Å². The number of aromatic nitrogens is 2. The van der Waals surface area contributed by atoms with Crippen LogP contribution < -0.4 is 24.3 Å². The van der Waals surface area contributed by atoms with Gasteiger partial charge in [0.15, 0.2) is 11.5 Å². The average Bonchev–Trinajstić information content (AvgIpc) is 3.28. The number of carbonyl (C=O) groups is 1. The molecule has 2 aromatic carbocycles. The number of rotatable bonds is 9. The van der Waals surface area contributed by atoms with Gasteiger partial charge in [-0.05, 0) is 42.3 Å². The monoisotopic (exact) mass is 411 g/mol. The first kappa shape index (κ1) is 21.0. The summed E-state index contributed by atoms with van der Waals surface area (Å²) in [4.78, 5) is 12.5. The first-order chi connectivity index (χ1) is 14.6. The minimum absolute atomic E-state index is 0.235.